The van der Waals surface area contributed by atoms with E-state index in [4.69, 9.17) is 11.5 Å². The molecule has 4 heteroatoms. The first-order chi connectivity index (χ1) is 5.61. The Morgan fingerprint density at radius 1 is 1.50 bits per heavy atom. The molecule has 1 aromatic heterocycles. The van der Waals surface area contributed by atoms with Gasteiger partial charge in [0, 0.05) is 12.4 Å². The number of aliphatic hydroxyl groups is 1. The van der Waals surface area contributed by atoms with Crippen LogP contribution in [0.1, 0.15) is 18.5 Å². The van der Waals surface area contributed by atoms with Gasteiger partial charge in [-0.3, -0.25) is 4.98 Å². The Labute approximate surface area is 71.2 Å². The zero-order valence-electron chi connectivity index (χ0n) is 6.94. The van der Waals surface area contributed by atoms with E-state index in [0.717, 1.165) is 5.56 Å². The first-order valence-electron chi connectivity index (χ1n) is 3.75. The molecule has 66 valence electrons. The molecule has 4 nitrogen and oxygen atoms in total. The van der Waals surface area contributed by atoms with E-state index in [-0.39, 0.29) is 0 Å². The van der Waals surface area contributed by atoms with E-state index in [1.807, 2.05) is 0 Å². The normalized spacial score (nSPS) is 15.6. The van der Waals surface area contributed by atoms with Crippen LogP contribution in [-0.4, -0.2) is 16.2 Å². The number of aliphatic hydroxyl groups excluding tert-OH is 1. The Balaban J connectivity index is 2.88. The number of nitrogen functional groups attached to an aromatic ring is 1. The third-order valence-corrected chi connectivity index (χ3v) is 1.69. The van der Waals surface area contributed by atoms with Crippen molar-refractivity contribution in [1.29, 1.82) is 0 Å². The Hall–Kier alpha value is -1.13. The minimum atomic E-state index is -0.589. The van der Waals surface area contributed by atoms with Gasteiger partial charge in [0.15, 0.2) is 0 Å². The van der Waals surface area contributed by atoms with Gasteiger partial charge in [0.05, 0.1) is 17.8 Å². The molecule has 0 saturated heterocycles. The van der Waals surface area contributed by atoms with Crippen molar-refractivity contribution in [3.8, 4) is 0 Å². The minimum absolute atomic E-state index is 0.416. The highest BCUT2D eigenvalue weighted by atomic mass is 16.3. The van der Waals surface area contributed by atoms with E-state index >= 15 is 0 Å². The summed E-state index contributed by atoms with van der Waals surface area (Å²) < 4.78 is 0. The molecule has 0 fully saturated rings. The van der Waals surface area contributed by atoms with Crippen molar-refractivity contribution in [1.82, 2.24) is 4.98 Å². The predicted octanol–water partition coefficient (Wildman–Crippen LogP) is 0.0444. The second-order valence-corrected chi connectivity index (χ2v) is 2.82. The summed E-state index contributed by atoms with van der Waals surface area (Å²) >= 11 is 0. The lowest BCUT2D eigenvalue weighted by Crippen LogP contribution is -2.23. The van der Waals surface area contributed by atoms with Gasteiger partial charge >= 0.3 is 0 Å². The molecule has 0 saturated carbocycles. The van der Waals surface area contributed by atoms with E-state index in [1.165, 1.54) is 6.20 Å². The van der Waals surface area contributed by atoms with E-state index in [0.29, 0.717) is 5.69 Å². The van der Waals surface area contributed by atoms with Gasteiger partial charge in [-0.05, 0) is 18.6 Å². The number of nitrogens with zero attached hydrogens (tertiary/aromatic N) is 1. The van der Waals surface area contributed by atoms with E-state index in [2.05, 4.69) is 4.98 Å². The molecule has 1 rings (SSSR count). The summed E-state index contributed by atoms with van der Waals surface area (Å²) in [6, 6.07) is 1.30. The summed E-state index contributed by atoms with van der Waals surface area (Å²) in [5.74, 6) is 0. The van der Waals surface area contributed by atoms with Crippen molar-refractivity contribution in [3.63, 3.8) is 0 Å². The van der Waals surface area contributed by atoms with Gasteiger partial charge in [-0.2, -0.15) is 0 Å². The van der Waals surface area contributed by atoms with E-state index in [1.54, 1.807) is 19.2 Å². The highest BCUT2D eigenvalue weighted by Gasteiger charge is 2.11. The number of aromatic nitrogens is 1. The van der Waals surface area contributed by atoms with Crippen molar-refractivity contribution in [2.45, 2.75) is 19.1 Å². The van der Waals surface area contributed by atoms with Gasteiger partial charge < -0.3 is 16.6 Å². The lowest BCUT2D eigenvalue weighted by Gasteiger charge is -2.14. The number of pyridine rings is 1. The van der Waals surface area contributed by atoms with Crippen LogP contribution in [0.25, 0.3) is 0 Å². The summed E-state index contributed by atoms with van der Waals surface area (Å²) in [4.78, 5) is 3.87. The molecule has 0 aliphatic heterocycles. The summed E-state index contributed by atoms with van der Waals surface area (Å²) in [6.07, 6.45) is 2.56. The fraction of sp³-hybridized carbons (Fsp3) is 0.375. The van der Waals surface area contributed by atoms with Gasteiger partial charge in [-0.1, -0.05) is 0 Å². The van der Waals surface area contributed by atoms with Crippen molar-refractivity contribution >= 4 is 5.69 Å². The second-order valence-electron chi connectivity index (χ2n) is 2.82. The van der Waals surface area contributed by atoms with Crippen LogP contribution in [0.5, 0.6) is 0 Å². The third kappa shape index (κ3) is 1.93. The number of hydrogen-bond donors (Lipinski definition) is 3. The van der Waals surface area contributed by atoms with Gasteiger partial charge in [0.2, 0.25) is 0 Å². The maximum Gasteiger partial charge on any atom is 0.0705 e. The molecule has 1 heterocycles. The zero-order valence-corrected chi connectivity index (χ0v) is 6.94. The number of anilines is 1. The van der Waals surface area contributed by atoms with E-state index in [9.17, 15) is 5.11 Å². The third-order valence-electron chi connectivity index (χ3n) is 1.69. The molecule has 0 aromatic carbocycles. The molecule has 2 unspecified atom stereocenters. The van der Waals surface area contributed by atoms with Crippen molar-refractivity contribution in [3.05, 3.63) is 24.0 Å². The molecule has 0 aliphatic carbocycles. The fourth-order valence-corrected chi connectivity index (χ4v) is 0.937. The SMILES string of the molecule is CC(O)C(N)c1cncc(N)c1. The quantitative estimate of drug-likeness (QED) is 0.580. The fourth-order valence-electron chi connectivity index (χ4n) is 0.937. The van der Waals surface area contributed by atoms with Crippen LogP contribution in [-0.2, 0) is 0 Å². The Morgan fingerprint density at radius 3 is 2.67 bits per heavy atom. The summed E-state index contributed by atoms with van der Waals surface area (Å²) in [7, 11) is 0. The predicted molar refractivity (Wildman–Crippen MR) is 47.3 cm³/mol. The molecule has 0 spiro atoms. The molecular weight excluding hydrogens is 154 g/mol. The number of nitrogens with two attached hydrogens (primary N) is 2. The van der Waals surface area contributed by atoms with Gasteiger partial charge in [-0.25, -0.2) is 0 Å². The number of hydrogen-bond acceptors (Lipinski definition) is 4. The Morgan fingerprint density at radius 2 is 2.17 bits per heavy atom. The molecular formula is C8H13N3O. The first-order valence-corrected chi connectivity index (χ1v) is 3.75. The van der Waals surface area contributed by atoms with Gasteiger partial charge in [0.1, 0.15) is 0 Å². The average molecular weight is 167 g/mol. The molecule has 12 heavy (non-hydrogen) atoms. The monoisotopic (exact) mass is 167 g/mol. The summed E-state index contributed by atoms with van der Waals surface area (Å²) in [5, 5.41) is 9.17. The highest BCUT2D eigenvalue weighted by molar-refractivity contribution is 5.38. The lowest BCUT2D eigenvalue weighted by molar-refractivity contribution is 0.164. The number of rotatable bonds is 2. The van der Waals surface area contributed by atoms with Gasteiger partial charge in [-0.15, -0.1) is 0 Å². The zero-order chi connectivity index (χ0) is 9.14. The average Bonchev–Trinajstić information content (AvgIpc) is 2.03. The largest absolute Gasteiger partial charge is 0.397 e. The molecule has 1 aromatic rings. The van der Waals surface area contributed by atoms with Crippen LogP contribution in [0.15, 0.2) is 18.5 Å². The topological polar surface area (TPSA) is 85.2 Å². The van der Waals surface area contributed by atoms with Crippen LogP contribution in [0.4, 0.5) is 5.69 Å². The van der Waals surface area contributed by atoms with Crippen LogP contribution < -0.4 is 11.5 Å². The lowest BCUT2D eigenvalue weighted by atomic mass is 10.1. The van der Waals surface area contributed by atoms with E-state index < -0.39 is 12.1 Å². The molecule has 2 atom stereocenters. The molecule has 0 aliphatic rings. The maximum absolute atomic E-state index is 9.17. The Bertz CT molecular complexity index is 262. The Kier molecular flexibility index (Phi) is 2.62. The van der Waals surface area contributed by atoms with Crippen molar-refractivity contribution in [2.75, 3.05) is 5.73 Å². The highest BCUT2D eigenvalue weighted by Crippen LogP contribution is 2.14. The smallest absolute Gasteiger partial charge is 0.0705 e. The minimum Gasteiger partial charge on any atom is -0.397 e. The molecule has 0 amide bonds. The summed E-state index contributed by atoms with van der Waals surface area (Å²) in [5.41, 5.74) is 12.5. The second kappa shape index (κ2) is 3.51. The van der Waals surface area contributed by atoms with Crippen LogP contribution in [0.2, 0.25) is 0 Å². The van der Waals surface area contributed by atoms with Crippen LogP contribution in [0, 0.1) is 0 Å². The first kappa shape index (κ1) is 8.96. The molecule has 0 radical (unpaired) electrons. The summed E-state index contributed by atoms with van der Waals surface area (Å²) in [6.45, 7) is 1.63. The van der Waals surface area contributed by atoms with Crippen LogP contribution >= 0.6 is 0 Å². The van der Waals surface area contributed by atoms with Crippen LogP contribution in [0.3, 0.4) is 0 Å². The maximum atomic E-state index is 9.17. The van der Waals surface area contributed by atoms with Crippen molar-refractivity contribution in [2.24, 2.45) is 5.73 Å². The van der Waals surface area contributed by atoms with Gasteiger partial charge in [0.25, 0.3) is 0 Å². The molecule has 0 bridgehead atoms. The molecule has 5 N–H and O–H groups in total. The standard InChI is InChI=1S/C8H13N3O/c1-5(12)8(10)6-2-7(9)4-11-3-6/h2-5,8,12H,9-10H2,1H3. The van der Waals surface area contributed by atoms with Crippen molar-refractivity contribution < 1.29 is 5.11 Å².